The van der Waals surface area contributed by atoms with E-state index >= 15 is 0 Å². The van der Waals surface area contributed by atoms with Gasteiger partial charge in [-0.05, 0) is 48.5 Å². The molecular weight excluding hydrogens is 399 g/mol. The number of anilines is 2. The van der Waals surface area contributed by atoms with Crippen LogP contribution in [0, 0.1) is 5.82 Å². The Labute approximate surface area is 167 Å². The van der Waals surface area contributed by atoms with Gasteiger partial charge >= 0.3 is 0 Å². The molecule has 3 aromatic rings. The highest BCUT2D eigenvalue weighted by Gasteiger charge is 2.13. The van der Waals surface area contributed by atoms with Crippen LogP contribution in [0.25, 0.3) is 0 Å². The number of hydrogen-bond donors (Lipinski definition) is 2. The second-order valence-corrected chi connectivity index (χ2v) is 8.49. The van der Waals surface area contributed by atoms with E-state index in [4.69, 9.17) is 0 Å². The summed E-state index contributed by atoms with van der Waals surface area (Å²) in [4.78, 5) is 12.9. The quantitative estimate of drug-likeness (QED) is 0.561. The molecule has 0 atom stereocenters. The van der Waals surface area contributed by atoms with Gasteiger partial charge in [0.05, 0.1) is 16.3 Å². The van der Waals surface area contributed by atoms with Gasteiger partial charge in [0.25, 0.3) is 10.0 Å². The molecule has 28 heavy (non-hydrogen) atoms. The van der Waals surface area contributed by atoms with Gasteiger partial charge in [0.1, 0.15) is 5.82 Å². The normalized spacial score (nSPS) is 11.0. The van der Waals surface area contributed by atoms with Gasteiger partial charge < -0.3 is 5.32 Å². The number of benzene rings is 3. The number of rotatable bonds is 7. The predicted molar refractivity (Wildman–Crippen MR) is 109 cm³/mol. The molecule has 0 saturated heterocycles. The Hall–Kier alpha value is -2.84. The van der Waals surface area contributed by atoms with Crippen molar-refractivity contribution in [3.05, 3.63) is 84.7 Å². The fraction of sp³-hybridized carbons (Fsp3) is 0.0500. The predicted octanol–water partition coefficient (Wildman–Crippen LogP) is 4.36. The fourth-order valence-corrected chi connectivity index (χ4v) is 4.11. The molecule has 0 unspecified atom stereocenters. The zero-order valence-corrected chi connectivity index (χ0v) is 16.3. The monoisotopic (exact) mass is 416 g/mol. The van der Waals surface area contributed by atoms with Gasteiger partial charge in [0, 0.05) is 10.6 Å². The van der Waals surface area contributed by atoms with Gasteiger partial charge in [-0.1, -0.05) is 30.3 Å². The van der Waals surface area contributed by atoms with Crippen molar-refractivity contribution in [3.63, 3.8) is 0 Å². The largest absolute Gasteiger partial charge is 0.323 e. The Morgan fingerprint density at radius 1 is 0.893 bits per heavy atom. The molecule has 0 aliphatic rings. The van der Waals surface area contributed by atoms with Gasteiger partial charge in [-0.3, -0.25) is 9.52 Å². The maximum Gasteiger partial charge on any atom is 0.261 e. The lowest BCUT2D eigenvalue weighted by Gasteiger charge is -2.09. The zero-order valence-electron chi connectivity index (χ0n) is 14.6. The lowest BCUT2D eigenvalue weighted by molar-refractivity contribution is -0.113. The fourth-order valence-electron chi connectivity index (χ4n) is 2.33. The Bertz CT molecular complexity index is 1060. The van der Waals surface area contributed by atoms with Gasteiger partial charge in [0.15, 0.2) is 0 Å². The molecule has 0 aliphatic heterocycles. The van der Waals surface area contributed by atoms with Crippen molar-refractivity contribution in [2.45, 2.75) is 9.79 Å². The van der Waals surface area contributed by atoms with E-state index < -0.39 is 15.8 Å². The van der Waals surface area contributed by atoms with Gasteiger partial charge in [0.2, 0.25) is 5.91 Å². The molecule has 144 valence electrons. The number of carbonyl (C=O) groups excluding carboxylic acids is 1. The van der Waals surface area contributed by atoms with Crippen molar-refractivity contribution in [1.82, 2.24) is 0 Å². The Kier molecular flexibility index (Phi) is 6.33. The lowest BCUT2D eigenvalue weighted by Crippen LogP contribution is -2.15. The maximum atomic E-state index is 13.5. The minimum atomic E-state index is -3.65. The van der Waals surface area contributed by atoms with Gasteiger partial charge in [-0.2, -0.15) is 0 Å². The third-order valence-corrected chi connectivity index (χ3v) is 6.09. The minimum absolute atomic E-state index is 0.101. The van der Waals surface area contributed by atoms with Crippen LogP contribution in [0.1, 0.15) is 0 Å². The molecule has 0 aliphatic carbocycles. The van der Waals surface area contributed by atoms with Crippen LogP contribution in [0.2, 0.25) is 0 Å². The number of amides is 1. The first-order valence-electron chi connectivity index (χ1n) is 8.29. The van der Waals surface area contributed by atoms with Crippen LogP contribution < -0.4 is 10.0 Å². The van der Waals surface area contributed by atoms with Crippen LogP contribution in [0.3, 0.4) is 0 Å². The van der Waals surface area contributed by atoms with Crippen LogP contribution in [-0.4, -0.2) is 20.1 Å². The van der Waals surface area contributed by atoms with Gasteiger partial charge in [-0.15, -0.1) is 11.8 Å². The summed E-state index contributed by atoms with van der Waals surface area (Å²) in [6.07, 6.45) is 0. The van der Waals surface area contributed by atoms with Crippen molar-refractivity contribution in [2.75, 3.05) is 15.8 Å². The first kappa shape index (κ1) is 19.9. The summed E-state index contributed by atoms with van der Waals surface area (Å²) in [5.74, 6) is -0.719. The first-order chi connectivity index (χ1) is 13.4. The summed E-state index contributed by atoms with van der Waals surface area (Å²) in [6, 6.07) is 20.7. The van der Waals surface area contributed by atoms with E-state index in [9.17, 15) is 17.6 Å². The molecule has 0 saturated carbocycles. The van der Waals surface area contributed by atoms with Crippen molar-refractivity contribution >= 4 is 39.1 Å². The third kappa shape index (κ3) is 5.34. The summed E-state index contributed by atoms with van der Waals surface area (Å²) in [5.41, 5.74) is 0.558. The third-order valence-electron chi connectivity index (χ3n) is 3.68. The Morgan fingerprint density at radius 2 is 1.54 bits per heavy atom. The van der Waals surface area contributed by atoms with E-state index in [0.29, 0.717) is 5.69 Å². The molecule has 3 rings (SSSR count). The second kappa shape index (κ2) is 8.90. The van der Waals surface area contributed by atoms with Crippen LogP contribution in [-0.2, 0) is 14.8 Å². The van der Waals surface area contributed by atoms with Gasteiger partial charge in [-0.25, -0.2) is 12.8 Å². The molecule has 1 amide bonds. The minimum Gasteiger partial charge on any atom is -0.323 e. The van der Waals surface area contributed by atoms with E-state index in [1.807, 2.05) is 0 Å². The smallest absolute Gasteiger partial charge is 0.261 e. The van der Waals surface area contributed by atoms with Crippen LogP contribution in [0.15, 0.2) is 88.7 Å². The highest BCUT2D eigenvalue weighted by molar-refractivity contribution is 8.00. The number of sulfonamides is 1. The highest BCUT2D eigenvalue weighted by atomic mass is 32.2. The average Bonchev–Trinajstić information content (AvgIpc) is 2.70. The number of halogens is 1. The van der Waals surface area contributed by atoms with E-state index in [1.54, 1.807) is 54.6 Å². The molecule has 0 fully saturated rings. The van der Waals surface area contributed by atoms with Crippen LogP contribution in [0.4, 0.5) is 15.8 Å². The SMILES string of the molecule is O=C(CSc1ccc(NS(=O)(=O)c2ccccc2)cc1)Nc1ccccc1F. The Balaban J connectivity index is 1.56. The molecule has 0 bridgehead atoms. The molecule has 3 aromatic carbocycles. The highest BCUT2D eigenvalue weighted by Crippen LogP contribution is 2.23. The first-order valence-corrected chi connectivity index (χ1v) is 10.8. The molecule has 8 heteroatoms. The standard InChI is InChI=1S/C20H17FN2O3S2/c21-18-8-4-5-9-19(18)22-20(24)14-27-16-12-10-15(11-13-16)23-28(25,26)17-6-2-1-3-7-17/h1-13,23H,14H2,(H,22,24). The molecule has 5 nitrogen and oxygen atoms in total. The second-order valence-electron chi connectivity index (χ2n) is 5.76. The topological polar surface area (TPSA) is 75.3 Å². The molecule has 0 spiro atoms. The van der Waals surface area contributed by atoms with E-state index in [2.05, 4.69) is 10.0 Å². The number of hydrogen-bond acceptors (Lipinski definition) is 4. The van der Waals surface area contributed by atoms with Crippen molar-refractivity contribution in [3.8, 4) is 0 Å². The van der Waals surface area contributed by atoms with Crippen molar-refractivity contribution in [1.29, 1.82) is 0 Å². The van der Waals surface area contributed by atoms with E-state index in [1.165, 1.54) is 36.0 Å². The van der Waals surface area contributed by atoms with E-state index in [0.717, 1.165) is 4.90 Å². The molecule has 2 N–H and O–H groups in total. The van der Waals surface area contributed by atoms with E-state index in [-0.39, 0.29) is 22.2 Å². The number of nitrogens with one attached hydrogen (secondary N) is 2. The number of para-hydroxylation sites is 1. The Morgan fingerprint density at radius 3 is 2.21 bits per heavy atom. The van der Waals surface area contributed by atoms with Crippen molar-refractivity contribution in [2.24, 2.45) is 0 Å². The summed E-state index contributed by atoms with van der Waals surface area (Å²) < 4.78 is 40.7. The summed E-state index contributed by atoms with van der Waals surface area (Å²) in [7, 11) is -3.65. The number of thioether (sulfide) groups is 1. The average molecular weight is 416 g/mol. The van der Waals surface area contributed by atoms with Crippen molar-refractivity contribution < 1.29 is 17.6 Å². The summed E-state index contributed by atoms with van der Waals surface area (Å²) in [5, 5.41) is 2.51. The van der Waals surface area contributed by atoms with Crippen LogP contribution in [0.5, 0.6) is 0 Å². The lowest BCUT2D eigenvalue weighted by atomic mass is 10.3. The summed E-state index contributed by atoms with van der Waals surface area (Å²) >= 11 is 1.26. The molecular formula is C20H17FN2O3S2. The number of carbonyl (C=O) groups is 1. The van der Waals surface area contributed by atoms with Crippen LogP contribution >= 0.6 is 11.8 Å². The summed E-state index contributed by atoms with van der Waals surface area (Å²) in [6.45, 7) is 0. The molecule has 0 aromatic heterocycles. The molecule has 0 heterocycles. The maximum absolute atomic E-state index is 13.5. The zero-order chi connectivity index (χ0) is 20.0. The molecule has 0 radical (unpaired) electrons.